The summed E-state index contributed by atoms with van der Waals surface area (Å²) in [6.45, 7) is 3.59. The summed E-state index contributed by atoms with van der Waals surface area (Å²) in [6, 6.07) is 12.0. The molecule has 0 spiro atoms. The number of benzene rings is 1. The smallest absolute Gasteiger partial charge is 0.272 e. The Morgan fingerprint density at radius 3 is 2.81 bits per heavy atom. The van der Waals surface area contributed by atoms with Crippen molar-refractivity contribution >= 4 is 11.5 Å². The first-order chi connectivity index (χ1) is 10.0. The normalized spacial score (nSPS) is 11.5. The number of aromatic nitrogens is 1. The number of anilines is 1. The number of hydrogen-bond donors (Lipinski definition) is 1. The summed E-state index contributed by atoms with van der Waals surface area (Å²) in [5, 5.41) is 22.9. The highest BCUT2D eigenvalue weighted by Gasteiger charge is 2.14. The van der Waals surface area contributed by atoms with Gasteiger partial charge in [0.2, 0.25) is 0 Å². The number of nitriles is 1. The van der Waals surface area contributed by atoms with Crippen LogP contribution >= 0.6 is 0 Å². The Balaban J connectivity index is 2.24. The lowest BCUT2D eigenvalue weighted by molar-refractivity contribution is -0.385. The number of pyridine rings is 1. The maximum absolute atomic E-state index is 11.0. The highest BCUT2D eigenvalue weighted by Crippen LogP contribution is 2.25. The first kappa shape index (κ1) is 14.5. The van der Waals surface area contributed by atoms with E-state index < -0.39 is 0 Å². The molecule has 0 aliphatic rings. The molecule has 0 aliphatic heterocycles. The van der Waals surface area contributed by atoms with Gasteiger partial charge in [0.25, 0.3) is 5.69 Å². The van der Waals surface area contributed by atoms with Crippen LogP contribution in [-0.2, 0) is 0 Å². The van der Waals surface area contributed by atoms with E-state index in [1.165, 1.54) is 0 Å². The van der Waals surface area contributed by atoms with Gasteiger partial charge in [-0.25, -0.2) is 4.98 Å². The first-order valence-electron chi connectivity index (χ1n) is 6.40. The second kappa shape index (κ2) is 6.01. The Bertz CT molecular complexity index is 722. The SMILES string of the molecule is Cc1ccc(C(C)Nc2cccc(C#N)n2)cc1[N+](=O)[O-]. The number of nitro groups is 1. The lowest BCUT2D eigenvalue weighted by Crippen LogP contribution is -2.09. The van der Waals surface area contributed by atoms with Crippen LogP contribution in [0, 0.1) is 28.4 Å². The average Bonchev–Trinajstić information content (AvgIpc) is 2.47. The van der Waals surface area contributed by atoms with Crippen molar-refractivity contribution in [3.8, 4) is 6.07 Å². The lowest BCUT2D eigenvalue weighted by Gasteiger charge is -2.15. The molecule has 0 aliphatic carbocycles. The predicted molar refractivity (Wildman–Crippen MR) is 78.8 cm³/mol. The van der Waals surface area contributed by atoms with Crippen LogP contribution in [0.15, 0.2) is 36.4 Å². The molecule has 6 heteroatoms. The fourth-order valence-corrected chi connectivity index (χ4v) is 1.97. The molecule has 21 heavy (non-hydrogen) atoms. The van der Waals surface area contributed by atoms with Gasteiger partial charge in [-0.1, -0.05) is 18.2 Å². The molecule has 1 aromatic heterocycles. The molecule has 1 aromatic carbocycles. The molecule has 0 fully saturated rings. The quantitative estimate of drug-likeness (QED) is 0.685. The summed E-state index contributed by atoms with van der Waals surface area (Å²) >= 11 is 0. The molecule has 1 unspecified atom stereocenters. The van der Waals surface area contributed by atoms with Crippen LogP contribution in [0.3, 0.4) is 0 Å². The number of aryl methyl sites for hydroxylation is 1. The van der Waals surface area contributed by atoms with Crippen molar-refractivity contribution in [3.05, 3.63) is 63.3 Å². The molecule has 1 atom stereocenters. The van der Waals surface area contributed by atoms with Gasteiger partial charge in [-0.3, -0.25) is 10.1 Å². The fourth-order valence-electron chi connectivity index (χ4n) is 1.97. The summed E-state index contributed by atoms with van der Waals surface area (Å²) in [6.07, 6.45) is 0. The van der Waals surface area contributed by atoms with E-state index in [9.17, 15) is 10.1 Å². The maximum atomic E-state index is 11.0. The van der Waals surface area contributed by atoms with Gasteiger partial charge in [-0.05, 0) is 31.5 Å². The van der Waals surface area contributed by atoms with E-state index in [-0.39, 0.29) is 16.7 Å². The van der Waals surface area contributed by atoms with Crippen molar-refractivity contribution < 1.29 is 4.92 Å². The second-order valence-corrected chi connectivity index (χ2v) is 4.69. The number of hydrogen-bond acceptors (Lipinski definition) is 5. The summed E-state index contributed by atoms with van der Waals surface area (Å²) < 4.78 is 0. The summed E-state index contributed by atoms with van der Waals surface area (Å²) in [5.74, 6) is 0.560. The molecule has 0 bridgehead atoms. The topological polar surface area (TPSA) is 91.8 Å². The van der Waals surface area contributed by atoms with Crippen LogP contribution in [0.25, 0.3) is 0 Å². The van der Waals surface area contributed by atoms with E-state index in [4.69, 9.17) is 5.26 Å². The largest absolute Gasteiger partial charge is 0.364 e. The van der Waals surface area contributed by atoms with Crippen molar-refractivity contribution in [2.45, 2.75) is 19.9 Å². The zero-order valence-corrected chi connectivity index (χ0v) is 11.7. The zero-order chi connectivity index (χ0) is 15.4. The minimum Gasteiger partial charge on any atom is -0.364 e. The van der Waals surface area contributed by atoms with Crippen molar-refractivity contribution in [2.24, 2.45) is 0 Å². The number of nitrogens with one attached hydrogen (secondary N) is 1. The van der Waals surface area contributed by atoms with Crippen LogP contribution < -0.4 is 5.32 Å². The van der Waals surface area contributed by atoms with Crippen LogP contribution in [0.5, 0.6) is 0 Å². The van der Waals surface area contributed by atoms with Gasteiger partial charge >= 0.3 is 0 Å². The van der Waals surface area contributed by atoms with E-state index >= 15 is 0 Å². The highest BCUT2D eigenvalue weighted by atomic mass is 16.6. The van der Waals surface area contributed by atoms with Gasteiger partial charge in [0.1, 0.15) is 17.6 Å². The molecule has 1 N–H and O–H groups in total. The first-order valence-corrected chi connectivity index (χ1v) is 6.40. The standard InChI is InChI=1S/C15H14N4O2/c1-10-6-7-12(8-14(10)19(20)21)11(2)17-15-5-3-4-13(9-16)18-15/h3-8,11H,1-2H3,(H,17,18). The number of nitrogens with zero attached hydrogens (tertiary/aromatic N) is 3. The summed E-state index contributed by atoms with van der Waals surface area (Å²) in [7, 11) is 0. The van der Waals surface area contributed by atoms with Crippen molar-refractivity contribution in [1.29, 1.82) is 5.26 Å². The molecule has 2 aromatic rings. The van der Waals surface area contributed by atoms with Gasteiger partial charge in [-0.15, -0.1) is 0 Å². The molecule has 1 heterocycles. The zero-order valence-electron chi connectivity index (χ0n) is 11.7. The Labute approximate surface area is 122 Å². The molecule has 0 saturated carbocycles. The van der Waals surface area contributed by atoms with Crippen molar-refractivity contribution in [1.82, 2.24) is 4.98 Å². The molecule has 0 amide bonds. The second-order valence-electron chi connectivity index (χ2n) is 4.69. The molecule has 0 saturated heterocycles. The molecule has 2 rings (SSSR count). The van der Waals surface area contributed by atoms with E-state index in [2.05, 4.69) is 10.3 Å². The van der Waals surface area contributed by atoms with Crippen LogP contribution in [0.1, 0.15) is 29.8 Å². The highest BCUT2D eigenvalue weighted by molar-refractivity contribution is 5.46. The third kappa shape index (κ3) is 3.34. The van der Waals surface area contributed by atoms with E-state index in [0.717, 1.165) is 5.56 Å². The molecule has 6 nitrogen and oxygen atoms in total. The Morgan fingerprint density at radius 2 is 2.14 bits per heavy atom. The number of rotatable bonds is 4. The van der Waals surface area contributed by atoms with Crippen molar-refractivity contribution in [2.75, 3.05) is 5.32 Å². The van der Waals surface area contributed by atoms with Crippen LogP contribution in [0.4, 0.5) is 11.5 Å². The minimum absolute atomic E-state index is 0.0971. The Hall–Kier alpha value is -2.94. The molecule has 106 valence electrons. The van der Waals surface area contributed by atoms with Crippen LogP contribution in [0.2, 0.25) is 0 Å². The molecular formula is C15H14N4O2. The average molecular weight is 282 g/mol. The maximum Gasteiger partial charge on any atom is 0.272 e. The van der Waals surface area contributed by atoms with E-state index in [1.54, 1.807) is 37.3 Å². The van der Waals surface area contributed by atoms with Gasteiger partial charge in [0, 0.05) is 11.6 Å². The lowest BCUT2D eigenvalue weighted by atomic mass is 10.0. The van der Waals surface area contributed by atoms with E-state index in [0.29, 0.717) is 17.1 Å². The molecule has 0 radical (unpaired) electrons. The van der Waals surface area contributed by atoms with Gasteiger partial charge in [0.05, 0.1) is 11.0 Å². The van der Waals surface area contributed by atoms with E-state index in [1.807, 2.05) is 19.1 Å². The predicted octanol–water partition coefficient (Wildman–Crippen LogP) is 3.34. The minimum atomic E-state index is -0.389. The number of nitro benzene ring substituents is 1. The molecular weight excluding hydrogens is 268 g/mol. The van der Waals surface area contributed by atoms with Gasteiger partial charge in [0.15, 0.2) is 0 Å². The third-order valence-electron chi connectivity index (χ3n) is 3.16. The Morgan fingerprint density at radius 1 is 1.38 bits per heavy atom. The third-order valence-corrected chi connectivity index (χ3v) is 3.16. The summed E-state index contributed by atoms with van der Waals surface area (Å²) in [5.41, 5.74) is 1.83. The fraction of sp³-hybridized carbons (Fsp3) is 0.200. The van der Waals surface area contributed by atoms with Gasteiger partial charge in [-0.2, -0.15) is 5.26 Å². The summed E-state index contributed by atoms with van der Waals surface area (Å²) in [4.78, 5) is 14.7. The van der Waals surface area contributed by atoms with Crippen LogP contribution in [-0.4, -0.2) is 9.91 Å². The Kier molecular flexibility index (Phi) is 4.14. The monoisotopic (exact) mass is 282 g/mol. The van der Waals surface area contributed by atoms with Crippen molar-refractivity contribution in [3.63, 3.8) is 0 Å². The van der Waals surface area contributed by atoms with Gasteiger partial charge < -0.3 is 5.32 Å².